The van der Waals surface area contributed by atoms with E-state index in [0.29, 0.717) is 10.5 Å². The molecule has 1 rings (SSSR count). The molecule has 4 heteroatoms. The smallest absolute Gasteiger partial charge is 0.252 e. The van der Waals surface area contributed by atoms with Gasteiger partial charge in [0.1, 0.15) is 0 Å². The standard InChI is InChI=1S/C8H7ClO2S/c1-12(11)7-4-2-3-6(5-7)8(9)10/h2-5H,1H3. The molecule has 1 unspecified atom stereocenters. The van der Waals surface area contributed by atoms with E-state index >= 15 is 0 Å². The van der Waals surface area contributed by atoms with Crippen molar-refractivity contribution in [3.63, 3.8) is 0 Å². The molecule has 1 aromatic rings. The van der Waals surface area contributed by atoms with Crippen LogP contribution in [0.4, 0.5) is 0 Å². The fourth-order valence-electron chi connectivity index (χ4n) is 0.797. The summed E-state index contributed by atoms with van der Waals surface area (Å²) in [6.07, 6.45) is 1.55. The van der Waals surface area contributed by atoms with Crippen LogP contribution in [0.5, 0.6) is 0 Å². The Kier molecular flexibility index (Phi) is 3.00. The SMILES string of the molecule is CS(=O)c1cccc(C(=O)Cl)c1. The van der Waals surface area contributed by atoms with Crippen molar-refractivity contribution in [1.82, 2.24) is 0 Å². The number of benzene rings is 1. The fourth-order valence-corrected chi connectivity index (χ4v) is 1.48. The van der Waals surface area contributed by atoms with Gasteiger partial charge in [-0.2, -0.15) is 0 Å². The third-order valence-electron chi connectivity index (χ3n) is 1.39. The summed E-state index contributed by atoms with van der Waals surface area (Å²) in [5.74, 6) is 0. The molecular formula is C8H7ClO2S. The van der Waals surface area contributed by atoms with Crippen molar-refractivity contribution in [2.45, 2.75) is 4.90 Å². The topological polar surface area (TPSA) is 34.1 Å². The predicted molar refractivity (Wildman–Crippen MR) is 49.0 cm³/mol. The van der Waals surface area contributed by atoms with Gasteiger partial charge in [0.25, 0.3) is 5.24 Å². The molecule has 0 amide bonds. The molecule has 0 spiro atoms. The highest BCUT2D eigenvalue weighted by Crippen LogP contribution is 2.10. The zero-order valence-electron chi connectivity index (χ0n) is 6.41. The van der Waals surface area contributed by atoms with Crippen LogP contribution in [-0.4, -0.2) is 15.7 Å². The second-order valence-electron chi connectivity index (χ2n) is 2.26. The highest BCUT2D eigenvalue weighted by molar-refractivity contribution is 7.84. The Morgan fingerprint density at radius 1 is 1.50 bits per heavy atom. The Morgan fingerprint density at radius 3 is 2.67 bits per heavy atom. The van der Waals surface area contributed by atoms with Crippen molar-refractivity contribution >= 4 is 27.6 Å². The quantitative estimate of drug-likeness (QED) is 0.686. The van der Waals surface area contributed by atoms with Crippen LogP contribution in [0, 0.1) is 0 Å². The fraction of sp³-hybridized carbons (Fsp3) is 0.125. The van der Waals surface area contributed by atoms with Crippen molar-refractivity contribution in [1.29, 1.82) is 0 Å². The van der Waals surface area contributed by atoms with Gasteiger partial charge in [-0.3, -0.25) is 9.00 Å². The van der Waals surface area contributed by atoms with Crippen molar-refractivity contribution in [3.8, 4) is 0 Å². The molecule has 2 nitrogen and oxygen atoms in total. The molecule has 0 aliphatic heterocycles. The summed E-state index contributed by atoms with van der Waals surface area (Å²) >= 11 is 5.24. The van der Waals surface area contributed by atoms with Crippen LogP contribution in [0.2, 0.25) is 0 Å². The Balaban J connectivity index is 3.12. The molecule has 0 fully saturated rings. The summed E-state index contributed by atoms with van der Waals surface area (Å²) in [6, 6.07) is 6.48. The highest BCUT2D eigenvalue weighted by atomic mass is 35.5. The summed E-state index contributed by atoms with van der Waals surface area (Å²) < 4.78 is 11.0. The van der Waals surface area contributed by atoms with Gasteiger partial charge >= 0.3 is 0 Å². The lowest BCUT2D eigenvalue weighted by Crippen LogP contribution is -1.92. The van der Waals surface area contributed by atoms with Crippen LogP contribution in [0.15, 0.2) is 29.2 Å². The first-order valence-electron chi connectivity index (χ1n) is 3.24. The van der Waals surface area contributed by atoms with Crippen LogP contribution in [0.1, 0.15) is 10.4 Å². The number of carbonyl (C=O) groups is 1. The molecule has 0 radical (unpaired) electrons. The van der Waals surface area contributed by atoms with Crippen molar-refractivity contribution in [2.24, 2.45) is 0 Å². The molecular weight excluding hydrogens is 196 g/mol. The number of hydrogen-bond acceptors (Lipinski definition) is 2. The lowest BCUT2D eigenvalue weighted by molar-refractivity contribution is 0.108. The van der Waals surface area contributed by atoms with E-state index in [4.69, 9.17) is 11.6 Å². The van der Waals surface area contributed by atoms with Gasteiger partial charge in [-0.15, -0.1) is 0 Å². The van der Waals surface area contributed by atoms with Crippen LogP contribution in [0.25, 0.3) is 0 Å². The van der Waals surface area contributed by atoms with Crippen molar-refractivity contribution in [3.05, 3.63) is 29.8 Å². The summed E-state index contributed by atoms with van der Waals surface area (Å²) in [5, 5.41) is -0.526. The van der Waals surface area contributed by atoms with E-state index in [9.17, 15) is 9.00 Å². The maximum Gasteiger partial charge on any atom is 0.252 e. The predicted octanol–water partition coefficient (Wildman–Crippen LogP) is 1.80. The van der Waals surface area contributed by atoms with Gasteiger partial charge in [0, 0.05) is 27.5 Å². The van der Waals surface area contributed by atoms with Crippen LogP contribution in [0.3, 0.4) is 0 Å². The van der Waals surface area contributed by atoms with Crippen molar-refractivity contribution in [2.75, 3.05) is 6.26 Å². The summed E-state index contributed by atoms with van der Waals surface area (Å²) in [7, 11) is -1.07. The van der Waals surface area contributed by atoms with Crippen LogP contribution in [-0.2, 0) is 10.8 Å². The minimum absolute atomic E-state index is 0.379. The first kappa shape index (κ1) is 9.42. The molecule has 0 N–H and O–H groups in total. The Hall–Kier alpha value is -0.670. The average molecular weight is 203 g/mol. The first-order chi connectivity index (χ1) is 5.61. The minimum Gasteiger partial charge on any atom is -0.276 e. The van der Waals surface area contributed by atoms with E-state index in [1.54, 1.807) is 24.5 Å². The zero-order chi connectivity index (χ0) is 9.14. The summed E-state index contributed by atoms with van der Waals surface area (Å²) in [4.78, 5) is 11.3. The normalized spacial score (nSPS) is 12.5. The molecule has 64 valence electrons. The molecule has 0 aliphatic carbocycles. The molecule has 0 heterocycles. The van der Waals surface area contributed by atoms with Gasteiger partial charge in [-0.05, 0) is 23.7 Å². The Morgan fingerprint density at radius 2 is 2.17 bits per heavy atom. The van der Waals surface area contributed by atoms with E-state index in [2.05, 4.69) is 0 Å². The second-order valence-corrected chi connectivity index (χ2v) is 3.98. The minimum atomic E-state index is -1.07. The monoisotopic (exact) mass is 202 g/mol. The van der Waals surface area contributed by atoms with E-state index in [0.717, 1.165) is 0 Å². The van der Waals surface area contributed by atoms with E-state index < -0.39 is 16.0 Å². The van der Waals surface area contributed by atoms with Gasteiger partial charge in [-0.25, -0.2) is 0 Å². The average Bonchev–Trinajstić information content (AvgIpc) is 2.04. The largest absolute Gasteiger partial charge is 0.276 e. The van der Waals surface area contributed by atoms with Crippen molar-refractivity contribution < 1.29 is 9.00 Å². The molecule has 0 aliphatic rings. The lowest BCUT2D eigenvalue weighted by Gasteiger charge is -1.97. The molecule has 0 aromatic heterocycles. The van der Waals surface area contributed by atoms with Crippen LogP contribution < -0.4 is 0 Å². The molecule has 12 heavy (non-hydrogen) atoms. The number of hydrogen-bond donors (Lipinski definition) is 0. The molecule has 1 atom stereocenters. The molecule has 0 bridgehead atoms. The third-order valence-corrected chi connectivity index (χ3v) is 2.53. The van der Waals surface area contributed by atoms with E-state index in [1.807, 2.05) is 0 Å². The van der Waals surface area contributed by atoms with Gasteiger partial charge in [0.2, 0.25) is 0 Å². The molecule has 1 aromatic carbocycles. The number of carbonyl (C=O) groups excluding carboxylic acids is 1. The second kappa shape index (κ2) is 3.83. The lowest BCUT2D eigenvalue weighted by atomic mass is 10.2. The maximum absolute atomic E-state index is 11.0. The Bertz CT molecular complexity index is 306. The summed E-state index contributed by atoms with van der Waals surface area (Å²) in [6.45, 7) is 0. The number of rotatable bonds is 2. The summed E-state index contributed by atoms with van der Waals surface area (Å²) in [5.41, 5.74) is 0.379. The number of halogens is 1. The molecule has 0 saturated heterocycles. The Labute approximate surface area is 78.0 Å². The van der Waals surface area contributed by atoms with Gasteiger partial charge in [-0.1, -0.05) is 12.1 Å². The third kappa shape index (κ3) is 2.16. The highest BCUT2D eigenvalue weighted by Gasteiger charge is 2.03. The van der Waals surface area contributed by atoms with Gasteiger partial charge in [0.15, 0.2) is 0 Å². The van der Waals surface area contributed by atoms with Gasteiger partial charge < -0.3 is 0 Å². The molecule has 0 saturated carbocycles. The zero-order valence-corrected chi connectivity index (χ0v) is 7.98. The van der Waals surface area contributed by atoms with Gasteiger partial charge in [0.05, 0.1) is 0 Å². The van der Waals surface area contributed by atoms with Crippen LogP contribution >= 0.6 is 11.6 Å². The van der Waals surface area contributed by atoms with E-state index in [-0.39, 0.29) is 0 Å². The van der Waals surface area contributed by atoms with E-state index in [1.165, 1.54) is 6.07 Å². The maximum atomic E-state index is 11.0. The first-order valence-corrected chi connectivity index (χ1v) is 5.18.